The molecule has 0 heterocycles. The summed E-state index contributed by atoms with van der Waals surface area (Å²) in [5.74, 6) is 1.76. The summed E-state index contributed by atoms with van der Waals surface area (Å²) in [6, 6.07) is 5.77. The summed E-state index contributed by atoms with van der Waals surface area (Å²) in [4.78, 5) is 12.1. The van der Waals surface area contributed by atoms with Crippen LogP contribution in [0.25, 0.3) is 0 Å². The molecule has 19 heavy (non-hydrogen) atoms. The van der Waals surface area contributed by atoms with Crippen molar-refractivity contribution in [2.75, 3.05) is 18.2 Å². The standard InChI is InChI=1S/C15H23NO2S/c1-5-6-9-19-12(3)15(17)16-13-10-11(2)7-8-14(13)18-4/h7-8,10,12H,5-6,9H2,1-4H3,(H,16,17). The van der Waals surface area contributed by atoms with Gasteiger partial charge in [0.05, 0.1) is 18.0 Å². The molecule has 0 fully saturated rings. The normalized spacial score (nSPS) is 12.0. The van der Waals surface area contributed by atoms with Crippen LogP contribution in [0.1, 0.15) is 32.3 Å². The lowest BCUT2D eigenvalue weighted by Gasteiger charge is -2.14. The molecule has 0 saturated heterocycles. The van der Waals surface area contributed by atoms with E-state index >= 15 is 0 Å². The molecule has 0 radical (unpaired) electrons. The first-order valence-electron chi connectivity index (χ1n) is 6.65. The second kappa shape index (κ2) is 8.10. The zero-order valence-corrected chi connectivity index (χ0v) is 13.0. The molecule has 1 aromatic rings. The van der Waals surface area contributed by atoms with Gasteiger partial charge >= 0.3 is 0 Å². The zero-order valence-electron chi connectivity index (χ0n) is 12.2. The van der Waals surface area contributed by atoms with Gasteiger partial charge in [-0.3, -0.25) is 4.79 Å². The first-order valence-corrected chi connectivity index (χ1v) is 7.70. The van der Waals surface area contributed by atoms with Crippen molar-refractivity contribution >= 4 is 23.4 Å². The number of nitrogens with one attached hydrogen (secondary N) is 1. The highest BCUT2D eigenvalue weighted by Crippen LogP contribution is 2.26. The minimum Gasteiger partial charge on any atom is -0.495 e. The minimum atomic E-state index is -0.0447. The van der Waals surface area contributed by atoms with Gasteiger partial charge in [0, 0.05) is 0 Å². The third kappa shape index (κ3) is 5.15. The molecule has 1 rings (SSSR count). The van der Waals surface area contributed by atoms with Crippen molar-refractivity contribution < 1.29 is 9.53 Å². The van der Waals surface area contributed by atoms with Crippen molar-refractivity contribution in [3.8, 4) is 5.75 Å². The minimum absolute atomic E-state index is 0.0324. The van der Waals surface area contributed by atoms with Gasteiger partial charge < -0.3 is 10.1 Å². The summed E-state index contributed by atoms with van der Waals surface area (Å²) >= 11 is 1.69. The third-order valence-corrected chi connectivity index (χ3v) is 4.09. The Hall–Kier alpha value is -1.16. The van der Waals surface area contributed by atoms with E-state index in [4.69, 9.17) is 4.74 Å². The Balaban J connectivity index is 2.63. The number of rotatable bonds is 7. The fourth-order valence-electron chi connectivity index (χ4n) is 1.63. The molecule has 1 atom stereocenters. The van der Waals surface area contributed by atoms with Gasteiger partial charge in [0.1, 0.15) is 5.75 Å². The number of hydrogen-bond donors (Lipinski definition) is 1. The second-order valence-electron chi connectivity index (χ2n) is 4.56. The molecule has 0 spiro atoms. The van der Waals surface area contributed by atoms with Crippen LogP contribution in [0.15, 0.2) is 18.2 Å². The van der Waals surface area contributed by atoms with Crippen molar-refractivity contribution in [2.45, 2.75) is 38.9 Å². The number of methoxy groups -OCH3 is 1. The molecule has 1 N–H and O–H groups in total. The molecule has 0 aliphatic carbocycles. The molecule has 106 valence electrons. The Bertz CT molecular complexity index is 421. The Labute approximate surface area is 120 Å². The van der Waals surface area contributed by atoms with Gasteiger partial charge in [0.15, 0.2) is 0 Å². The maximum Gasteiger partial charge on any atom is 0.237 e. The molecule has 0 aromatic heterocycles. The van der Waals surface area contributed by atoms with Crippen molar-refractivity contribution in [1.82, 2.24) is 0 Å². The van der Waals surface area contributed by atoms with E-state index in [2.05, 4.69) is 12.2 Å². The first kappa shape index (κ1) is 15.9. The van der Waals surface area contributed by atoms with E-state index in [0.717, 1.165) is 29.8 Å². The van der Waals surface area contributed by atoms with E-state index in [0.29, 0.717) is 5.75 Å². The Morgan fingerprint density at radius 3 is 2.84 bits per heavy atom. The van der Waals surface area contributed by atoms with E-state index in [1.54, 1.807) is 18.9 Å². The molecule has 0 aliphatic rings. The zero-order chi connectivity index (χ0) is 14.3. The smallest absolute Gasteiger partial charge is 0.237 e. The van der Waals surface area contributed by atoms with Crippen LogP contribution in [0.4, 0.5) is 5.69 Å². The summed E-state index contributed by atoms with van der Waals surface area (Å²) in [6.45, 7) is 6.09. The van der Waals surface area contributed by atoms with Gasteiger partial charge in [0.25, 0.3) is 0 Å². The summed E-state index contributed by atoms with van der Waals surface area (Å²) < 4.78 is 5.26. The highest BCUT2D eigenvalue weighted by molar-refractivity contribution is 8.00. The summed E-state index contributed by atoms with van der Waals surface area (Å²) in [7, 11) is 1.61. The third-order valence-electron chi connectivity index (χ3n) is 2.85. The predicted molar refractivity (Wildman–Crippen MR) is 83.2 cm³/mol. The fraction of sp³-hybridized carbons (Fsp3) is 0.533. The van der Waals surface area contributed by atoms with Gasteiger partial charge in [-0.15, -0.1) is 11.8 Å². The van der Waals surface area contributed by atoms with Crippen LogP contribution in [-0.2, 0) is 4.79 Å². The van der Waals surface area contributed by atoms with Gasteiger partial charge in [-0.05, 0) is 43.7 Å². The van der Waals surface area contributed by atoms with Gasteiger partial charge in [-0.1, -0.05) is 19.4 Å². The lowest BCUT2D eigenvalue weighted by Crippen LogP contribution is -2.23. The van der Waals surface area contributed by atoms with Crippen molar-refractivity contribution in [3.05, 3.63) is 23.8 Å². The molecule has 4 heteroatoms. The molecule has 0 aliphatic heterocycles. The highest BCUT2D eigenvalue weighted by Gasteiger charge is 2.15. The molecular formula is C15H23NO2S. The van der Waals surface area contributed by atoms with Crippen molar-refractivity contribution in [3.63, 3.8) is 0 Å². The average Bonchev–Trinajstić information content (AvgIpc) is 2.39. The molecule has 1 amide bonds. The first-order chi connectivity index (χ1) is 9.08. The van der Waals surface area contributed by atoms with Gasteiger partial charge in [-0.2, -0.15) is 0 Å². The Kier molecular flexibility index (Phi) is 6.78. The monoisotopic (exact) mass is 281 g/mol. The molecular weight excluding hydrogens is 258 g/mol. The predicted octanol–water partition coefficient (Wildman–Crippen LogP) is 3.86. The number of carbonyl (C=O) groups excluding carboxylic acids is 1. The lowest BCUT2D eigenvalue weighted by molar-refractivity contribution is -0.115. The van der Waals surface area contributed by atoms with Crippen LogP contribution in [-0.4, -0.2) is 24.0 Å². The van der Waals surface area contributed by atoms with E-state index in [1.807, 2.05) is 32.0 Å². The van der Waals surface area contributed by atoms with E-state index in [1.165, 1.54) is 0 Å². The largest absolute Gasteiger partial charge is 0.495 e. The summed E-state index contributed by atoms with van der Waals surface area (Å²) in [5, 5.41) is 2.90. The number of benzene rings is 1. The van der Waals surface area contributed by atoms with Crippen LogP contribution in [0.2, 0.25) is 0 Å². The van der Waals surface area contributed by atoms with Crippen molar-refractivity contribution in [1.29, 1.82) is 0 Å². The number of carbonyl (C=O) groups is 1. The number of unbranched alkanes of at least 4 members (excludes halogenated alkanes) is 1. The van der Waals surface area contributed by atoms with Crippen LogP contribution in [0, 0.1) is 6.92 Å². The maximum absolute atomic E-state index is 12.1. The van der Waals surface area contributed by atoms with Crippen LogP contribution in [0.3, 0.4) is 0 Å². The van der Waals surface area contributed by atoms with Crippen molar-refractivity contribution in [2.24, 2.45) is 0 Å². The Morgan fingerprint density at radius 2 is 2.21 bits per heavy atom. The van der Waals surface area contributed by atoms with E-state index in [-0.39, 0.29) is 11.2 Å². The summed E-state index contributed by atoms with van der Waals surface area (Å²) in [6.07, 6.45) is 2.31. The SMILES string of the molecule is CCCCSC(C)C(=O)Nc1cc(C)ccc1OC. The lowest BCUT2D eigenvalue weighted by atomic mass is 10.2. The number of aryl methyl sites for hydroxylation is 1. The number of ether oxygens (including phenoxy) is 1. The number of thioether (sulfide) groups is 1. The number of hydrogen-bond acceptors (Lipinski definition) is 3. The van der Waals surface area contributed by atoms with Gasteiger partial charge in [0.2, 0.25) is 5.91 Å². The highest BCUT2D eigenvalue weighted by atomic mass is 32.2. The van der Waals surface area contributed by atoms with E-state index < -0.39 is 0 Å². The second-order valence-corrected chi connectivity index (χ2v) is 6.01. The number of anilines is 1. The fourth-order valence-corrected chi connectivity index (χ4v) is 2.65. The molecule has 0 saturated carbocycles. The van der Waals surface area contributed by atoms with Crippen LogP contribution >= 0.6 is 11.8 Å². The van der Waals surface area contributed by atoms with Gasteiger partial charge in [-0.25, -0.2) is 0 Å². The average molecular weight is 281 g/mol. The topological polar surface area (TPSA) is 38.3 Å². The van der Waals surface area contributed by atoms with E-state index in [9.17, 15) is 4.79 Å². The quantitative estimate of drug-likeness (QED) is 0.771. The summed E-state index contributed by atoms with van der Waals surface area (Å²) in [5.41, 5.74) is 1.85. The Morgan fingerprint density at radius 1 is 1.47 bits per heavy atom. The van der Waals surface area contributed by atoms with Crippen LogP contribution < -0.4 is 10.1 Å². The number of amides is 1. The molecule has 1 aromatic carbocycles. The van der Waals surface area contributed by atoms with Crippen LogP contribution in [0.5, 0.6) is 5.75 Å². The maximum atomic E-state index is 12.1. The molecule has 3 nitrogen and oxygen atoms in total. The molecule has 0 bridgehead atoms. The molecule has 1 unspecified atom stereocenters.